The van der Waals surface area contributed by atoms with Crippen molar-refractivity contribution in [3.8, 4) is 0 Å². The lowest BCUT2D eigenvalue weighted by atomic mass is 10.3. The molecule has 0 radical (unpaired) electrons. The highest BCUT2D eigenvalue weighted by Crippen LogP contribution is 2.16. The normalized spacial score (nSPS) is 17.6. The van der Waals surface area contributed by atoms with Gasteiger partial charge in [-0.15, -0.1) is 0 Å². The van der Waals surface area contributed by atoms with Crippen molar-refractivity contribution in [2.75, 3.05) is 67.1 Å². The molecular formula is C13H31N3O3Si. The molecule has 0 unspecified atom stereocenters. The molecule has 0 aromatic heterocycles. The molecule has 0 spiro atoms. The molecule has 0 aromatic carbocycles. The monoisotopic (exact) mass is 305 g/mol. The standard InChI is InChI=1S/C13H31N3O3Si/c1-14-6-4-13-20(17-2,18-3)19-12-5-9-16-10-7-15-8-11-16/h14-15H,4-13H2,1-3H3. The van der Waals surface area contributed by atoms with Gasteiger partial charge in [-0.05, 0) is 26.4 Å². The Labute approximate surface area is 124 Å². The fourth-order valence-electron chi connectivity index (χ4n) is 2.41. The first-order chi connectivity index (χ1) is 9.76. The van der Waals surface area contributed by atoms with Crippen molar-refractivity contribution < 1.29 is 13.3 Å². The minimum Gasteiger partial charge on any atom is -0.377 e. The van der Waals surface area contributed by atoms with Crippen LogP contribution in [0.2, 0.25) is 6.04 Å². The molecule has 1 saturated heterocycles. The fraction of sp³-hybridized carbons (Fsp3) is 1.00. The van der Waals surface area contributed by atoms with Crippen molar-refractivity contribution in [2.24, 2.45) is 0 Å². The largest absolute Gasteiger partial charge is 0.500 e. The van der Waals surface area contributed by atoms with E-state index < -0.39 is 8.80 Å². The van der Waals surface area contributed by atoms with Crippen LogP contribution in [0.4, 0.5) is 0 Å². The summed E-state index contributed by atoms with van der Waals surface area (Å²) in [5.41, 5.74) is 0. The van der Waals surface area contributed by atoms with Crippen molar-refractivity contribution in [1.82, 2.24) is 15.5 Å². The van der Waals surface area contributed by atoms with Crippen LogP contribution in [0, 0.1) is 0 Å². The summed E-state index contributed by atoms with van der Waals surface area (Å²) in [7, 11) is 2.92. The van der Waals surface area contributed by atoms with Crippen LogP contribution in [0.15, 0.2) is 0 Å². The second-order valence-electron chi connectivity index (χ2n) is 5.09. The van der Waals surface area contributed by atoms with Gasteiger partial charge in [-0.3, -0.25) is 0 Å². The van der Waals surface area contributed by atoms with Crippen LogP contribution in [0.3, 0.4) is 0 Å². The van der Waals surface area contributed by atoms with E-state index in [9.17, 15) is 0 Å². The van der Waals surface area contributed by atoms with Gasteiger partial charge in [-0.25, -0.2) is 0 Å². The van der Waals surface area contributed by atoms with E-state index in [0.29, 0.717) is 0 Å². The van der Waals surface area contributed by atoms with Gasteiger partial charge in [0.25, 0.3) is 0 Å². The summed E-state index contributed by atoms with van der Waals surface area (Å²) in [6.07, 6.45) is 2.05. The van der Waals surface area contributed by atoms with Crippen molar-refractivity contribution in [3.05, 3.63) is 0 Å². The zero-order valence-corrected chi connectivity index (χ0v) is 14.2. The molecule has 2 N–H and O–H groups in total. The lowest BCUT2D eigenvalue weighted by Crippen LogP contribution is -2.46. The molecule has 1 rings (SSSR count). The Morgan fingerprint density at radius 1 is 1.15 bits per heavy atom. The zero-order valence-electron chi connectivity index (χ0n) is 13.2. The third kappa shape index (κ3) is 6.62. The minimum atomic E-state index is -2.44. The summed E-state index contributed by atoms with van der Waals surface area (Å²) >= 11 is 0. The van der Waals surface area contributed by atoms with Crippen molar-refractivity contribution in [3.63, 3.8) is 0 Å². The number of nitrogens with one attached hydrogen (secondary N) is 2. The molecule has 20 heavy (non-hydrogen) atoms. The molecule has 0 atom stereocenters. The summed E-state index contributed by atoms with van der Waals surface area (Å²) in [5.74, 6) is 0. The van der Waals surface area contributed by atoms with Crippen LogP contribution >= 0.6 is 0 Å². The Kier molecular flexibility index (Phi) is 9.62. The maximum Gasteiger partial charge on any atom is 0.500 e. The Hall–Kier alpha value is -0.0231. The smallest absolute Gasteiger partial charge is 0.377 e. The van der Waals surface area contributed by atoms with Crippen molar-refractivity contribution >= 4 is 8.80 Å². The highest BCUT2D eigenvalue weighted by atomic mass is 28.4. The van der Waals surface area contributed by atoms with Gasteiger partial charge in [0.15, 0.2) is 0 Å². The second kappa shape index (κ2) is 10.7. The van der Waals surface area contributed by atoms with Gasteiger partial charge in [0.05, 0.1) is 0 Å². The lowest BCUT2D eigenvalue weighted by Gasteiger charge is -2.29. The molecule has 0 bridgehead atoms. The van der Waals surface area contributed by atoms with Crippen LogP contribution < -0.4 is 10.6 Å². The second-order valence-corrected chi connectivity index (χ2v) is 8.06. The molecule has 1 heterocycles. The van der Waals surface area contributed by atoms with Gasteiger partial charge < -0.3 is 28.8 Å². The predicted octanol–water partition coefficient (Wildman–Crippen LogP) is 0.140. The summed E-state index contributed by atoms with van der Waals surface area (Å²) in [6.45, 7) is 7.25. The molecule has 7 heteroatoms. The van der Waals surface area contributed by atoms with E-state index in [2.05, 4.69) is 15.5 Å². The summed E-state index contributed by atoms with van der Waals surface area (Å²) < 4.78 is 17.1. The molecule has 120 valence electrons. The Morgan fingerprint density at radius 3 is 2.45 bits per heavy atom. The lowest BCUT2D eigenvalue weighted by molar-refractivity contribution is 0.0916. The first-order valence-electron chi connectivity index (χ1n) is 7.58. The minimum absolute atomic E-state index is 0.720. The fourth-order valence-corrected chi connectivity index (χ4v) is 4.43. The Bertz CT molecular complexity index is 237. The van der Waals surface area contributed by atoms with E-state index in [4.69, 9.17) is 13.3 Å². The third-order valence-corrected chi connectivity index (χ3v) is 6.54. The van der Waals surface area contributed by atoms with E-state index in [-0.39, 0.29) is 0 Å². The van der Waals surface area contributed by atoms with Crippen LogP contribution in [0.1, 0.15) is 12.8 Å². The summed E-state index contributed by atoms with van der Waals surface area (Å²) in [6, 6.07) is 0.870. The number of rotatable bonds is 11. The average molecular weight is 305 g/mol. The number of hydrogen-bond acceptors (Lipinski definition) is 6. The molecular weight excluding hydrogens is 274 g/mol. The van der Waals surface area contributed by atoms with Gasteiger partial charge in [-0.2, -0.15) is 0 Å². The van der Waals surface area contributed by atoms with E-state index in [0.717, 1.165) is 64.8 Å². The van der Waals surface area contributed by atoms with Crippen LogP contribution in [-0.2, 0) is 13.3 Å². The average Bonchev–Trinajstić information content (AvgIpc) is 2.51. The zero-order chi connectivity index (χ0) is 14.7. The molecule has 0 amide bonds. The highest BCUT2D eigenvalue weighted by Gasteiger charge is 2.38. The van der Waals surface area contributed by atoms with E-state index >= 15 is 0 Å². The molecule has 1 aliphatic heterocycles. The maximum absolute atomic E-state index is 5.99. The van der Waals surface area contributed by atoms with Crippen molar-refractivity contribution in [1.29, 1.82) is 0 Å². The Morgan fingerprint density at radius 2 is 1.85 bits per heavy atom. The topological polar surface area (TPSA) is 55.0 Å². The van der Waals surface area contributed by atoms with Gasteiger partial charge in [0.1, 0.15) is 0 Å². The van der Waals surface area contributed by atoms with E-state index in [1.807, 2.05) is 7.05 Å². The molecule has 6 nitrogen and oxygen atoms in total. The first-order valence-corrected chi connectivity index (χ1v) is 9.51. The van der Waals surface area contributed by atoms with E-state index in [1.54, 1.807) is 14.2 Å². The van der Waals surface area contributed by atoms with Gasteiger partial charge >= 0.3 is 8.80 Å². The summed E-state index contributed by atoms with van der Waals surface area (Å²) in [4.78, 5) is 2.48. The van der Waals surface area contributed by atoms with Gasteiger partial charge in [0.2, 0.25) is 0 Å². The first kappa shape index (κ1) is 18.0. The maximum atomic E-state index is 5.99. The summed E-state index contributed by atoms with van der Waals surface area (Å²) in [5, 5.41) is 6.51. The molecule has 1 aliphatic rings. The molecule has 1 fully saturated rings. The van der Waals surface area contributed by atoms with Gasteiger partial charge in [0, 0.05) is 59.6 Å². The molecule has 0 aromatic rings. The highest BCUT2D eigenvalue weighted by molar-refractivity contribution is 6.60. The third-order valence-electron chi connectivity index (χ3n) is 3.68. The number of hydrogen-bond donors (Lipinski definition) is 2. The molecule has 0 saturated carbocycles. The predicted molar refractivity (Wildman–Crippen MR) is 83.0 cm³/mol. The van der Waals surface area contributed by atoms with E-state index in [1.165, 1.54) is 0 Å². The quantitative estimate of drug-likeness (QED) is 0.418. The SMILES string of the molecule is CNCCC[Si](OC)(OC)OCCCN1CCNCC1. The van der Waals surface area contributed by atoms with Crippen LogP contribution in [0.5, 0.6) is 0 Å². The number of nitrogens with zero attached hydrogens (tertiary/aromatic N) is 1. The van der Waals surface area contributed by atoms with Gasteiger partial charge in [-0.1, -0.05) is 0 Å². The number of piperazine rings is 1. The van der Waals surface area contributed by atoms with Crippen LogP contribution in [0.25, 0.3) is 0 Å². The van der Waals surface area contributed by atoms with Crippen molar-refractivity contribution in [2.45, 2.75) is 18.9 Å². The van der Waals surface area contributed by atoms with Crippen LogP contribution in [-0.4, -0.2) is 80.8 Å². The Balaban J connectivity index is 2.19. The molecule has 0 aliphatic carbocycles.